The lowest BCUT2D eigenvalue weighted by atomic mass is 9.82. The lowest BCUT2D eigenvalue weighted by Gasteiger charge is -2.31. The van der Waals surface area contributed by atoms with E-state index in [1.165, 1.54) is 32.1 Å². The van der Waals surface area contributed by atoms with E-state index < -0.39 is 0 Å². The molecule has 98 valence electrons. The molecule has 0 saturated heterocycles. The number of amides is 1. The van der Waals surface area contributed by atoms with Gasteiger partial charge in [-0.05, 0) is 25.2 Å². The summed E-state index contributed by atoms with van der Waals surface area (Å²) in [5.41, 5.74) is 0. The lowest BCUT2D eigenvalue weighted by Crippen LogP contribution is -2.43. The van der Waals surface area contributed by atoms with E-state index in [9.17, 15) is 9.90 Å². The third kappa shape index (κ3) is 3.70. The summed E-state index contributed by atoms with van der Waals surface area (Å²) in [5, 5.41) is 12.4. The molecule has 3 nitrogen and oxygen atoms in total. The van der Waals surface area contributed by atoms with Crippen LogP contribution in [0.15, 0.2) is 0 Å². The van der Waals surface area contributed by atoms with Crippen LogP contribution in [0.2, 0.25) is 0 Å². The Balaban J connectivity index is 1.68. The zero-order valence-corrected chi connectivity index (χ0v) is 10.7. The first-order valence-corrected chi connectivity index (χ1v) is 7.20. The topological polar surface area (TPSA) is 49.3 Å². The number of hydrogen-bond acceptors (Lipinski definition) is 2. The normalized spacial score (nSPS) is 29.7. The summed E-state index contributed by atoms with van der Waals surface area (Å²) < 4.78 is 0. The predicted octanol–water partition coefficient (Wildman–Crippen LogP) is 2.23. The smallest absolute Gasteiger partial charge is 0.220 e. The number of carbonyl (C=O) groups is 1. The molecular formula is C14H25NO2. The SMILES string of the molecule is O=C(CCC1CCC1)NC1CCCCC1CO. The van der Waals surface area contributed by atoms with E-state index in [2.05, 4.69) is 5.32 Å². The van der Waals surface area contributed by atoms with Crippen LogP contribution < -0.4 is 5.32 Å². The minimum absolute atomic E-state index is 0.197. The van der Waals surface area contributed by atoms with Crippen LogP contribution in [0.25, 0.3) is 0 Å². The molecule has 2 unspecified atom stereocenters. The minimum Gasteiger partial charge on any atom is -0.396 e. The quantitative estimate of drug-likeness (QED) is 0.773. The highest BCUT2D eigenvalue weighted by Gasteiger charge is 2.26. The molecule has 2 fully saturated rings. The van der Waals surface area contributed by atoms with Crippen LogP contribution in [-0.2, 0) is 4.79 Å². The van der Waals surface area contributed by atoms with Crippen LogP contribution in [0.3, 0.4) is 0 Å². The summed E-state index contributed by atoms with van der Waals surface area (Å²) in [4.78, 5) is 11.8. The molecule has 0 aromatic heterocycles. The molecule has 0 aliphatic heterocycles. The van der Waals surface area contributed by atoms with E-state index in [0.717, 1.165) is 25.2 Å². The van der Waals surface area contributed by atoms with Crippen molar-refractivity contribution >= 4 is 5.91 Å². The van der Waals surface area contributed by atoms with Gasteiger partial charge in [-0.2, -0.15) is 0 Å². The number of aliphatic hydroxyl groups is 1. The average molecular weight is 239 g/mol. The molecule has 2 N–H and O–H groups in total. The number of hydrogen-bond donors (Lipinski definition) is 2. The van der Waals surface area contributed by atoms with Crippen molar-refractivity contribution in [3.05, 3.63) is 0 Å². The van der Waals surface area contributed by atoms with Gasteiger partial charge in [-0.1, -0.05) is 32.1 Å². The second-order valence-corrected chi connectivity index (χ2v) is 5.74. The summed E-state index contributed by atoms with van der Waals surface area (Å²) in [5.74, 6) is 1.29. The number of carbonyl (C=O) groups excluding carboxylic acids is 1. The third-order valence-electron chi connectivity index (χ3n) is 4.49. The first kappa shape index (κ1) is 12.9. The first-order valence-electron chi connectivity index (χ1n) is 7.20. The highest BCUT2D eigenvalue weighted by molar-refractivity contribution is 5.76. The fourth-order valence-corrected chi connectivity index (χ4v) is 3.01. The largest absolute Gasteiger partial charge is 0.396 e. The Morgan fingerprint density at radius 3 is 2.53 bits per heavy atom. The maximum Gasteiger partial charge on any atom is 0.220 e. The molecule has 0 bridgehead atoms. The van der Waals surface area contributed by atoms with Gasteiger partial charge < -0.3 is 10.4 Å². The van der Waals surface area contributed by atoms with Gasteiger partial charge in [0.2, 0.25) is 5.91 Å². The Labute approximate surface area is 104 Å². The summed E-state index contributed by atoms with van der Waals surface area (Å²) >= 11 is 0. The highest BCUT2D eigenvalue weighted by atomic mass is 16.3. The van der Waals surface area contributed by atoms with E-state index >= 15 is 0 Å². The van der Waals surface area contributed by atoms with Gasteiger partial charge in [-0.15, -0.1) is 0 Å². The molecule has 0 spiro atoms. The number of aliphatic hydroxyl groups excluding tert-OH is 1. The van der Waals surface area contributed by atoms with Crippen molar-refractivity contribution in [1.29, 1.82) is 0 Å². The molecule has 3 heteroatoms. The Hall–Kier alpha value is -0.570. The fraction of sp³-hybridized carbons (Fsp3) is 0.929. The molecule has 2 rings (SSSR count). The van der Waals surface area contributed by atoms with Gasteiger partial charge in [0.25, 0.3) is 0 Å². The van der Waals surface area contributed by atoms with Crippen molar-refractivity contribution in [3.8, 4) is 0 Å². The summed E-state index contributed by atoms with van der Waals surface area (Å²) in [7, 11) is 0. The summed E-state index contributed by atoms with van der Waals surface area (Å²) in [6, 6.07) is 0.225. The van der Waals surface area contributed by atoms with E-state index in [0.29, 0.717) is 6.42 Å². The van der Waals surface area contributed by atoms with Crippen LogP contribution >= 0.6 is 0 Å². The van der Waals surface area contributed by atoms with Crippen molar-refractivity contribution in [2.45, 2.75) is 63.8 Å². The predicted molar refractivity (Wildman–Crippen MR) is 67.5 cm³/mol. The van der Waals surface area contributed by atoms with E-state index in [-0.39, 0.29) is 24.5 Å². The zero-order chi connectivity index (χ0) is 12.1. The molecule has 0 aromatic carbocycles. The lowest BCUT2D eigenvalue weighted by molar-refractivity contribution is -0.123. The van der Waals surface area contributed by atoms with Crippen LogP contribution in [0.4, 0.5) is 0 Å². The average Bonchev–Trinajstić information content (AvgIpc) is 2.27. The van der Waals surface area contributed by atoms with Gasteiger partial charge in [-0.3, -0.25) is 4.79 Å². The van der Waals surface area contributed by atoms with Crippen LogP contribution in [0, 0.1) is 11.8 Å². The second kappa shape index (κ2) is 6.39. The highest BCUT2D eigenvalue weighted by Crippen LogP contribution is 2.30. The van der Waals surface area contributed by atoms with Crippen LogP contribution in [0.5, 0.6) is 0 Å². The van der Waals surface area contributed by atoms with E-state index in [4.69, 9.17) is 0 Å². The van der Waals surface area contributed by atoms with Crippen molar-refractivity contribution in [2.24, 2.45) is 11.8 Å². The Bertz CT molecular complexity index is 251. The van der Waals surface area contributed by atoms with Crippen molar-refractivity contribution in [1.82, 2.24) is 5.32 Å². The number of nitrogens with one attached hydrogen (secondary N) is 1. The van der Waals surface area contributed by atoms with Gasteiger partial charge in [0.15, 0.2) is 0 Å². The minimum atomic E-state index is 0.197. The van der Waals surface area contributed by atoms with Crippen LogP contribution in [0.1, 0.15) is 57.8 Å². The molecule has 2 aliphatic rings. The van der Waals surface area contributed by atoms with E-state index in [1.54, 1.807) is 0 Å². The van der Waals surface area contributed by atoms with Gasteiger partial charge in [-0.25, -0.2) is 0 Å². The van der Waals surface area contributed by atoms with Gasteiger partial charge in [0.1, 0.15) is 0 Å². The monoisotopic (exact) mass is 239 g/mol. The van der Waals surface area contributed by atoms with Crippen LogP contribution in [-0.4, -0.2) is 23.7 Å². The maximum absolute atomic E-state index is 11.8. The summed E-state index contributed by atoms with van der Waals surface area (Å²) in [6.45, 7) is 0.216. The van der Waals surface area contributed by atoms with E-state index in [1.807, 2.05) is 0 Å². The second-order valence-electron chi connectivity index (χ2n) is 5.74. The molecule has 2 aliphatic carbocycles. The van der Waals surface area contributed by atoms with Gasteiger partial charge in [0.05, 0.1) is 0 Å². The molecule has 1 amide bonds. The molecule has 17 heavy (non-hydrogen) atoms. The zero-order valence-electron chi connectivity index (χ0n) is 10.7. The first-order chi connectivity index (χ1) is 8.29. The standard InChI is InChI=1S/C14H25NO2/c16-10-12-6-1-2-7-13(12)15-14(17)9-8-11-4-3-5-11/h11-13,16H,1-10H2,(H,15,17). The molecule has 2 saturated carbocycles. The maximum atomic E-state index is 11.8. The van der Waals surface area contributed by atoms with Crippen molar-refractivity contribution in [2.75, 3.05) is 6.61 Å². The Morgan fingerprint density at radius 2 is 1.88 bits per heavy atom. The van der Waals surface area contributed by atoms with Crippen molar-refractivity contribution < 1.29 is 9.90 Å². The summed E-state index contributed by atoms with van der Waals surface area (Å²) in [6.07, 6.45) is 10.2. The fourth-order valence-electron chi connectivity index (χ4n) is 3.01. The molecule has 2 atom stereocenters. The Morgan fingerprint density at radius 1 is 1.12 bits per heavy atom. The Kier molecular flexibility index (Phi) is 4.84. The van der Waals surface area contributed by atoms with Gasteiger partial charge >= 0.3 is 0 Å². The molecule has 0 radical (unpaired) electrons. The third-order valence-corrected chi connectivity index (χ3v) is 4.49. The molecule has 0 heterocycles. The molecule has 0 aromatic rings. The molecular weight excluding hydrogens is 214 g/mol. The van der Waals surface area contributed by atoms with Gasteiger partial charge in [0, 0.05) is 25.0 Å². The van der Waals surface area contributed by atoms with Crippen molar-refractivity contribution in [3.63, 3.8) is 0 Å². The number of rotatable bonds is 5.